The van der Waals surface area contributed by atoms with Crippen LogP contribution in [0.3, 0.4) is 0 Å². The first-order valence-electron chi connectivity index (χ1n) is 7.79. The van der Waals surface area contributed by atoms with Gasteiger partial charge in [-0.25, -0.2) is 9.97 Å². The monoisotopic (exact) mass is 352 g/mol. The van der Waals surface area contributed by atoms with Crippen molar-refractivity contribution in [3.63, 3.8) is 0 Å². The summed E-state index contributed by atoms with van der Waals surface area (Å²) in [6.45, 7) is 2.52. The fourth-order valence-electron chi connectivity index (χ4n) is 2.27. The predicted octanol–water partition coefficient (Wildman–Crippen LogP) is 4.30. The maximum atomic E-state index is 12.4. The molecule has 126 valence electrons. The fourth-order valence-corrected chi connectivity index (χ4v) is 2.40. The molecule has 1 amide bonds. The summed E-state index contributed by atoms with van der Waals surface area (Å²) >= 11 is 5.88. The number of rotatable bonds is 5. The van der Waals surface area contributed by atoms with Crippen LogP contribution in [0, 0.1) is 6.92 Å². The number of benzene rings is 2. The molecule has 25 heavy (non-hydrogen) atoms. The van der Waals surface area contributed by atoms with Gasteiger partial charge in [-0.1, -0.05) is 41.9 Å². The van der Waals surface area contributed by atoms with Gasteiger partial charge < -0.3 is 10.6 Å². The molecule has 3 rings (SSSR count). The van der Waals surface area contributed by atoms with Crippen LogP contribution in [0.15, 0.2) is 60.9 Å². The van der Waals surface area contributed by atoms with Gasteiger partial charge in [0.2, 0.25) is 0 Å². The van der Waals surface area contributed by atoms with Gasteiger partial charge in [0, 0.05) is 23.3 Å². The summed E-state index contributed by atoms with van der Waals surface area (Å²) in [6.07, 6.45) is 1.37. The van der Waals surface area contributed by atoms with Crippen LogP contribution in [0.1, 0.15) is 21.6 Å². The fraction of sp³-hybridized carbons (Fsp3) is 0.105. The highest BCUT2D eigenvalue weighted by molar-refractivity contribution is 6.30. The van der Waals surface area contributed by atoms with Crippen LogP contribution in [0.4, 0.5) is 11.5 Å². The zero-order valence-electron chi connectivity index (χ0n) is 13.7. The summed E-state index contributed by atoms with van der Waals surface area (Å²) in [4.78, 5) is 20.6. The summed E-state index contributed by atoms with van der Waals surface area (Å²) in [5.41, 5.74) is 3.12. The molecular formula is C19H17ClN4O. The van der Waals surface area contributed by atoms with Gasteiger partial charge in [-0.15, -0.1) is 0 Å². The van der Waals surface area contributed by atoms with Gasteiger partial charge in [-0.2, -0.15) is 0 Å². The van der Waals surface area contributed by atoms with Crippen molar-refractivity contribution in [1.29, 1.82) is 0 Å². The Bertz CT molecular complexity index is 881. The largest absolute Gasteiger partial charge is 0.366 e. The first-order chi connectivity index (χ1) is 12.1. The molecule has 0 saturated heterocycles. The molecule has 0 saturated carbocycles. The molecule has 0 bridgehead atoms. The van der Waals surface area contributed by atoms with Crippen molar-refractivity contribution in [3.8, 4) is 0 Å². The zero-order valence-corrected chi connectivity index (χ0v) is 14.4. The van der Waals surface area contributed by atoms with Gasteiger partial charge in [0.15, 0.2) is 0 Å². The molecule has 0 aliphatic rings. The number of carbonyl (C=O) groups is 1. The molecule has 3 aromatic rings. The minimum Gasteiger partial charge on any atom is -0.366 e. The van der Waals surface area contributed by atoms with Gasteiger partial charge in [-0.05, 0) is 36.2 Å². The maximum absolute atomic E-state index is 12.4. The molecule has 0 aliphatic heterocycles. The van der Waals surface area contributed by atoms with E-state index in [4.69, 9.17) is 11.6 Å². The Hall–Kier alpha value is -2.92. The Balaban J connectivity index is 1.67. The number of hydrogen-bond acceptors (Lipinski definition) is 4. The third-order valence-electron chi connectivity index (χ3n) is 3.68. The number of halogens is 1. The molecule has 1 aromatic heterocycles. The van der Waals surface area contributed by atoms with Crippen LogP contribution in [0.25, 0.3) is 0 Å². The van der Waals surface area contributed by atoms with E-state index in [2.05, 4.69) is 20.6 Å². The van der Waals surface area contributed by atoms with Crippen molar-refractivity contribution in [2.24, 2.45) is 0 Å². The first-order valence-corrected chi connectivity index (χ1v) is 8.17. The second-order valence-electron chi connectivity index (χ2n) is 5.54. The molecule has 0 atom stereocenters. The Morgan fingerprint density at radius 1 is 1.08 bits per heavy atom. The predicted molar refractivity (Wildman–Crippen MR) is 99.9 cm³/mol. The van der Waals surface area contributed by atoms with Gasteiger partial charge in [0.1, 0.15) is 17.8 Å². The second-order valence-corrected chi connectivity index (χ2v) is 5.97. The topological polar surface area (TPSA) is 66.9 Å². The lowest BCUT2D eigenvalue weighted by molar-refractivity contribution is 0.102. The number of amides is 1. The Labute approximate surface area is 151 Å². The van der Waals surface area contributed by atoms with Crippen LogP contribution < -0.4 is 10.6 Å². The quantitative estimate of drug-likeness (QED) is 0.718. The molecule has 0 unspecified atom stereocenters. The molecule has 6 heteroatoms. The Kier molecular flexibility index (Phi) is 5.26. The average molecular weight is 353 g/mol. The molecule has 2 aromatic carbocycles. The second kappa shape index (κ2) is 7.77. The lowest BCUT2D eigenvalue weighted by atomic mass is 10.2. The van der Waals surface area contributed by atoms with Gasteiger partial charge in [-0.3, -0.25) is 4.79 Å². The summed E-state index contributed by atoms with van der Waals surface area (Å²) in [7, 11) is 0. The molecular weight excluding hydrogens is 336 g/mol. The van der Waals surface area contributed by atoms with Crippen molar-refractivity contribution in [1.82, 2.24) is 9.97 Å². The number of aromatic nitrogens is 2. The molecule has 2 N–H and O–H groups in total. The highest BCUT2D eigenvalue weighted by Gasteiger charge is 2.10. The van der Waals surface area contributed by atoms with Crippen LogP contribution in [-0.2, 0) is 6.54 Å². The highest BCUT2D eigenvalue weighted by atomic mass is 35.5. The summed E-state index contributed by atoms with van der Waals surface area (Å²) < 4.78 is 0. The summed E-state index contributed by atoms with van der Waals surface area (Å²) in [5.74, 6) is 0.311. The molecule has 1 heterocycles. The minimum atomic E-state index is -0.272. The van der Waals surface area contributed by atoms with E-state index in [-0.39, 0.29) is 5.91 Å². The summed E-state index contributed by atoms with van der Waals surface area (Å²) in [6, 6.07) is 16.8. The Morgan fingerprint density at radius 3 is 2.60 bits per heavy atom. The number of aryl methyl sites for hydroxylation is 1. The number of nitrogens with zero attached hydrogens (tertiary/aromatic N) is 2. The van der Waals surface area contributed by atoms with Crippen molar-refractivity contribution >= 4 is 29.0 Å². The van der Waals surface area contributed by atoms with Gasteiger partial charge in [0.25, 0.3) is 5.91 Å². The van der Waals surface area contributed by atoms with Crippen LogP contribution in [0.2, 0.25) is 5.02 Å². The van der Waals surface area contributed by atoms with Crippen molar-refractivity contribution < 1.29 is 4.79 Å². The third kappa shape index (κ3) is 4.55. The van der Waals surface area contributed by atoms with Crippen LogP contribution >= 0.6 is 11.6 Å². The average Bonchev–Trinajstić information content (AvgIpc) is 2.63. The van der Waals surface area contributed by atoms with Crippen molar-refractivity contribution in [2.75, 3.05) is 10.6 Å². The van der Waals surface area contributed by atoms with Crippen molar-refractivity contribution in [3.05, 3.63) is 82.8 Å². The zero-order chi connectivity index (χ0) is 17.6. The third-order valence-corrected chi connectivity index (χ3v) is 3.93. The molecule has 0 radical (unpaired) electrons. The molecule has 0 spiro atoms. The lowest BCUT2D eigenvalue weighted by Crippen LogP contribution is -2.15. The number of anilines is 2. The molecule has 0 aliphatic carbocycles. The van der Waals surface area contributed by atoms with E-state index in [9.17, 15) is 4.79 Å². The minimum absolute atomic E-state index is 0.272. The van der Waals surface area contributed by atoms with Crippen LogP contribution in [0.5, 0.6) is 0 Å². The van der Waals surface area contributed by atoms with Gasteiger partial charge in [0.05, 0.1) is 0 Å². The Morgan fingerprint density at radius 2 is 1.84 bits per heavy atom. The number of hydrogen-bond donors (Lipinski definition) is 2. The number of carbonyl (C=O) groups excluding carboxylic acids is 1. The first kappa shape index (κ1) is 16.9. The lowest BCUT2D eigenvalue weighted by Gasteiger charge is -2.09. The van der Waals surface area contributed by atoms with E-state index in [1.165, 1.54) is 6.33 Å². The maximum Gasteiger partial charge on any atom is 0.274 e. The molecule has 0 fully saturated rings. The van der Waals surface area contributed by atoms with Crippen molar-refractivity contribution in [2.45, 2.75) is 13.5 Å². The van der Waals surface area contributed by atoms with E-state index < -0.39 is 0 Å². The normalized spacial score (nSPS) is 10.3. The number of nitrogens with one attached hydrogen (secondary N) is 2. The van der Waals surface area contributed by atoms with E-state index >= 15 is 0 Å². The standard InChI is InChI=1S/C19H17ClN4O/c1-13-4-2-3-5-16(13)24-19(25)17-10-18(23-12-22-17)21-11-14-6-8-15(20)9-7-14/h2-10,12H,11H2,1H3,(H,24,25)(H,21,22,23). The highest BCUT2D eigenvalue weighted by Crippen LogP contribution is 2.15. The van der Waals surface area contributed by atoms with Crippen LogP contribution in [-0.4, -0.2) is 15.9 Å². The van der Waals surface area contributed by atoms with E-state index in [0.29, 0.717) is 23.1 Å². The smallest absolute Gasteiger partial charge is 0.274 e. The SMILES string of the molecule is Cc1ccccc1NC(=O)c1cc(NCc2ccc(Cl)cc2)ncn1. The van der Waals surface area contributed by atoms with E-state index in [1.54, 1.807) is 6.07 Å². The van der Waals surface area contributed by atoms with E-state index in [1.807, 2.05) is 55.5 Å². The van der Waals surface area contributed by atoms with E-state index in [0.717, 1.165) is 16.8 Å². The number of para-hydroxylation sites is 1. The van der Waals surface area contributed by atoms with Gasteiger partial charge >= 0.3 is 0 Å². The molecule has 5 nitrogen and oxygen atoms in total. The summed E-state index contributed by atoms with van der Waals surface area (Å²) in [5, 5.41) is 6.73.